The van der Waals surface area contributed by atoms with Gasteiger partial charge in [0.25, 0.3) is 11.6 Å². The third kappa shape index (κ3) is 1.30. The molecule has 1 atom stereocenters. The summed E-state index contributed by atoms with van der Waals surface area (Å²) in [7, 11) is 3.08. The van der Waals surface area contributed by atoms with E-state index in [1.807, 2.05) is 0 Å². The second kappa shape index (κ2) is 3.72. The molecule has 2 heterocycles. The second-order valence-electron chi connectivity index (χ2n) is 3.75. The van der Waals surface area contributed by atoms with Crippen molar-refractivity contribution in [3.05, 3.63) is 0 Å². The minimum Gasteiger partial charge on any atom is -0.352 e. The van der Waals surface area contributed by atoms with E-state index in [2.05, 4.69) is 20.8 Å². The Kier molecular flexibility index (Phi) is 2.49. The Balaban J connectivity index is 2.50. The molecule has 0 radical (unpaired) electrons. The zero-order valence-electron chi connectivity index (χ0n) is 9.89. The van der Waals surface area contributed by atoms with Gasteiger partial charge in [0.2, 0.25) is 0 Å². The normalized spacial score (nSPS) is 26.5. The van der Waals surface area contributed by atoms with Crippen LogP contribution in [0.4, 0.5) is 4.79 Å². The molecular weight excluding hydrogens is 224 g/mol. The maximum atomic E-state index is 12.1. The van der Waals surface area contributed by atoms with Crippen molar-refractivity contribution in [1.82, 2.24) is 20.5 Å². The van der Waals surface area contributed by atoms with Crippen LogP contribution in [0.2, 0.25) is 0 Å². The molecule has 8 heteroatoms. The molecule has 0 aromatic rings. The first-order chi connectivity index (χ1) is 8.05. The summed E-state index contributed by atoms with van der Waals surface area (Å²) in [6.07, 6.45) is 1.31. The van der Waals surface area contributed by atoms with E-state index in [1.165, 1.54) is 23.2 Å². The molecule has 17 heavy (non-hydrogen) atoms. The average Bonchev–Trinajstić information content (AvgIpc) is 2.54. The van der Waals surface area contributed by atoms with E-state index < -0.39 is 5.66 Å². The number of hydrogen-bond acceptors (Lipinski definition) is 5. The van der Waals surface area contributed by atoms with E-state index in [0.29, 0.717) is 6.54 Å². The first kappa shape index (κ1) is 11.4. The molecule has 0 aromatic carbocycles. The molecule has 0 saturated carbocycles. The molecule has 92 valence electrons. The highest BCUT2D eigenvalue weighted by atomic mass is 16.2. The van der Waals surface area contributed by atoms with Gasteiger partial charge in [-0.1, -0.05) is 0 Å². The predicted octanol–water partition coefficient (Wildman–Crippen LogP) is -1.24. The largest absolute Gasteiger partial charge is 0.352 e. The van der Waals surface area contributed by atoms with Crippen molar-refractivity contribution < 1.29 is 9.59 Å². The molecule has 1 fully saturated rings. The van der Waals surface area contributed by atoms with Gasteiger partial charge in [-0.2, -0.15) is 5.10 Å². The number of nitrogens with one attached hydrogen (secondary N) is 2. The number of aliphatic imine (C=N–C) groups is 1. The summed E-state index contributed by atoms with van der Waals surface area (Å²) in [5.74, 6) is -0.0878. The van der Waals surface area contributed by atoms with Crippen LogP contribution in [0.25, 0.3) is 0 Å². The number of hydrazone groups is 1. The highest BCUT2D eigenvalue weighted by molar-refractivity contribution is 6.22. The summed E-state index contributed by atoms with van der Waals surface area (Å²) in [4.78, 5) is 30.7. The number of fused-ring (bicyclic) bond motifs is 1. The standard InChI is InChI=1S/C9H14N6O2/c1-4-10-7(16)9-6(13-12-5-11-9)14(2)8(17)15(9)3/h5H,4H2,1-3H3,(H,10,16)(H,11,12)/t9-/m0/s1. The van der Waals surface area contributed by atoms with Crippen molar-refractivity contribution in [2.45, 2.75) is 12.6 Å². The van der Waals surface area contributed by atoms with Gasteiger partial charge >= 0.3 is 6.03 Å². The van der Waals surface area contributed by atoms with Crippen LogP contribution in [-0.2, 0) is 4.79 Å². The summed E-state index contributed by atoms with van der Waals surface area (Å²) in [6.45, 7) is 2.26. The van der Waals surface area contributed by atoms with Gasteiger partial charge in [-0.05, 0) is 6.92 Å². The molecule has 0 aromatic heterocycles. The van der Waals surface area contributed by atoms with E-state index in [9.17, 15) is 9.59 Å². The first-order valence-corrected chi connectivity index (χ1v) is 5.23. The van der Waals surface area contributed by atoms with Gasteiger partial charge in [-0.15, -0.1) is 0 Å². The SMILES string of the molecule is CCNC(=O)[C@]12N=CNN=C1N(C)C(=O)N2C. The number of carbonyl (C=O) groups is 2. The molecule has 2 N–H and O–H groups in total. The lowest BCUT2D eigenvalue weighted by molar-refractivity contribution is -0.126. The van der Waals surface area contributed by atoms with E-state index in [0.717, 1.165) is 0 Å². The molecule has 1 saturated heterocycles. The van der Waals surface area contributed by atoms with E-state index in [1.54, 1.807) is 14.0 Å². The van der Waals surface area contributed by atoms with E-state index in [4.69, 9.17) is 0 Å². The van der Waals surface area contributed by atoms with Gasteiger partial charge in [0.1, 0.15) is 6.34 Å². The van der Waals surface area contributed by atoms with Crippen molar-refractivity contribution in [3.63, 3.8) is 0 Å². The number of carbonyl (C=O) groups excluding carboxylic acids is 2. The topological polar surface area (TPSA) is 89.4 Å². The number of likely N-dealkylation sites (N-methyl/N-ethyl adjacent to an activating group) is 3. The minimum absolute atomic E-state index is 0.276. The molecule has 2 rings (SSSR count). The monoisotopic (exact) mass is 238 g/mol. The number of hydrogen-bond donors (Lipinski definition) is 2. The van der Waals surface area contributed by atoms with Crippen LogP contribution in [0.3, 0.4) is 0 Å². The van der Waals surface area contributed by atoms with Gasteiger partial charge in [-0.25, -0.2) is 9.79 Å². The van der Waals surface area contributed by atoms with Gasteiger partial charge in [0, 0.05) is 20.6 Å². The highest BCUT2D eigenvalue weighted by Crippen LogP contribution is 2.29. The lowest BCUT2D eigenvalue weighted by atomic mass is 10.1. The number of amidine groups is 1. The first-order valence-electron chi connectivity index (χ1n) is 5.23. The summed E-state index contributed by atoms with van der Waals surface area (Å²) in [5, 5.41) is 6.64. The van der Waals surface area contributed by atoms with Gasteiger partial charge in [-0.3, -0.25) is 20.0 Å². The highest BCUT2D eigenvalue weighted by Gasteiger charge is 2.59. The van der Waals surface area contributed by atoms with Crippen molar-refractivity contribution in [2.24, 2.45) is 10.1 Å². The third-order valence-electron chi connectivity index (χ3n) is 2.82. The molecule has 2 aliphatic heterocycles. The van der Waals surface area contributed by atoms with Crippen LogP contribution in [-0.4, -0.2) is 60.2 Å². The van der Waals surface area contributed by atoms with Gasteiger partial charge in [0.15, 0.2) is 5.84 Å². The van der Waals surface area contributed by atoms with Crippen molar-refractivity contribution in [3.8, 4) is 0 Å². The van der Waals surface area contributed by atoms with Crippen LogP contribution in [0.5, 0.6) is 0 Å². The lowest BCUT2D eigenvalue weighted by Crippen LogP contribution is -2.59. The minimum atomic E-state index is -1.38. The van der Waals surface area contributed by atoms with Crippen molar-refractivity contribution in [2.75, 3.05) is 20.6 Å². The molecule has 0 bridgehead atoms. The lowest BCUT2D eigenvalue weighted by Gasteiger charge is -2.30. The maximum absolute atomic E-state index is 12.1. The van der Waals surface area contributed by atoms with E-state index in [-0.39, 0.29) is 17.8 Å². The Morgan fingerprint density at radius 3 is 2.94 bits per heavy atom. The molecule has 2 aliphatic rings. The summed E-state index contributed by atoms with van der Waals surface area (Å²) >= 11 is 0. The fourth-order valence-corrected chi connectivity index (χ4v) is 1.94. The van der Waals surface area contributed by atoms with Gasteiger partial charge < -0.3 is 5.32 Å². The number of nitrogens with zero attached hydrogens (tertiary/aromatic N) is 4. The van der Waals surface area contributed by atoms with Crippen LogP contribution < -0.4 is 10.7 Å². The van der Waals surface area contributed by atoms with Crippen LogP contribution in [0.1, 0.15) is 6.92 Å². The molecule has 0 unspecified atom stereocenters. The Morgan fingerprint density at radius 1 is 1.59 bits per heavy atom. The van der Waals surface area contributed by atoms with Crippen LogP contribution in [0.15, 0.2) is 10.1 Å². The molecule has 0 aliphatic carbocycles. The van der Waals surface area contributed by atoms with E-state index >= 15 is 0 Å². The number of amides is 3. The Hall–Kier alpha value is -2.12. The predicted molar refractivity (Wildman–Crippen MR) is 61.4 cm³/mol. The van der Waals surface area contributed by atoms with Crippen molar-refractivity contribution in [1.29, 1.82) is 0 Å². The Bertz CT molecular complexity index is 431. The quantitative estimate of drug-likeness (QED) is 0.630. The van der Waals surface area contributed by atoms with Crippen LogP contribution in [0, 0.1) is 0 Å². The molecular formula is C9H14N6O2. The number of rotatable bonds is 2. The zero-order chi connectivity index (χ0) is 12.6. The molecule has 3 amide bonds. The fraction of sp³-hybridized carbons (Fsp3) is 0.556. The molecule has 0 spiro atoms. The smallest absolute Gasteiger partial charge is 0.327 e. The maximum Gasteiger partial charge on any atom is 0.327 e. The Labute approximate surface area is 98.4 Å². The molecule has 8 nitrogen and oxygen atoms in total. The third-order valence-corrected chi connectivity index (χ3v) is 2.82. The second-order valence-corrected chi connectivity index (χ2v) is 3.75. The zero-order valence-corrected chi connectivity index (χ0v) is 9.89. The Morgan fingerprint density at radius 2 is 2.29 bits per heavy atom. The summed E-state index contributed by atoms with van der Waals surface area (Å²) in [6, 6.07) is -0.323. The average molecular weight is 238 g/mol. The van der Waals surface area contributed by atoms with Gasteiger partial charge in [0.05, 0.1) is 0 Å². The van der Waals surface area contributed by atoms with Crippen molar-refractivity contribution >= 4 is 24.1 Å². The van der Waals surface area contributed by atoms with Crippen LogP contribution >= 0.6 is 0 Å². The fourth-order valence-electron chi connectivity index (χ4n) is 1.94. The summed E-state index contributed by atoms with van der Waals surface area (Å²) in [5.41, 5.74) is 1.16. The number of urea groups is 1. The summed E-state index contributed by atoms with van der Waals surface area (Å²) < 4.78 is 0.